The Morgan fingerprint density at radius 2 is 2.00 bits per heavy atom. The molecule has 132 valence electrons. The molecule has 1 unspecified atom stereocenters. The van der Waals surface area contributed by atoms with Crippen LogP contribution in [0, 0.1) is 16.7 Å². The quantitative estimate of drug-likeness (QED) is 0.472. The lowest BCUT2D eigenvalue weighted by Gasteiger charge is -2.37. The Bertz CT molecular complexity index is 558. The van der Waals surface area contributed by atoms with Crippen molar-refractivity contribution >= 4 is 23.0 Å². The zero-order chi connectivity index (χ0) is 17.5. The molecule has 2 bridgehead atoms. The Labute approximate surface area is 137 Å². The fourth-order valence-electron chi connectivity index (χ4n) is 4.38. The molecule has 3 rings (SSSR count). The smallest absolute Gasteiger partial charge is 0.469 e. The van der Waals surface area contributed by atoms with Crippen LogP contribution in [0.3, 0.4) is 0 Å². The molecule has 3 N–H and O–H groups in total. The second-order valence-electron chi connectivity index (χ2n) is 7.49. The molecule has 3 atom stereocenters. The van der Waals surface area contributed by atoms with Gasteiger partial charge in [-0.15, -0.1) is 0 Å². The van der Waals surface area contributed by atoms with E-state index in [-0.39, 0.29) is 23.1 Å². The molecular weight excluding hydrogens is 321 g/mol. The largest absolute Gasteiger partial charge is 0.748 e. The maximum Gasteiger partial charge on any atom is 0.469 e. The van der Waals surface area contributed by atoms with Crippen LogP contribution in [0.1, 0.15) is 46.0 Å². The molecule has 1 heterocycles. The topological polar surface area (TPSA) is 127 Å². The van der Waals surface area contributed by atoms with E-state index in [1.807, 2.05) is 13.8 Å². The third kappa shape index (κ3) is 3.63. The van der Waals surface area contributed by atoms with Crippen molar-refractivity contribution in [2.45, 2.75) is 51.9 Å². The summed E-state index contributed by atoms with van der Waals surface area (Å²) in [5.41, 5.74) is -1.22. The highest BCUT2D eigenvalue weighted by atomic mass is 32.2. The minimum absolute atomic E-state index is 0.0248. The van der Waals surface area contributed by atoms with Gasteiger partial charge in [0, 0.05) is 17.8 Å². The van der Waals surface area contributed by atoms with Crippen LogP contribution in [-0.2, 0) is 14.9 Å². The monoisotopic (exact) mass is 346 g/mol. The molecule has 0 amide bonds. The van der Waals surface area contributed by atoms with Gasteiger partial charge >= 0.3 is 7.12 Å². The fourth-order valence-corrected chi connectivity index (χ4v) is 5.66. The number of carbonyl (C=O) groups is 1. The van der Waals surface area contributed by atoms with Crippen molar-refractivity contribution in [1.29, 1.82) is 0 Å². The van der Waals surface area contributed by atoms with Crippen molar-refractivity contribution in [3.63, 3.8) is 0 Å². The van der Waals surface area contributed by atoms with Crippen molar-refractivity contribution in [1.82, 2.24) is 5.32 Å². The van der Waals surface area contributed by atoms with E-state index in [9.17, 15) is 17.8 Å². The summed E-state index contributed by atoms with van der Waals surface area (Å²) in [4.78, 5) is 11.8. The Morgan fingerprint density at radius 1 is 1.35 bits per heavy atom. The van der Waals surface area contributed by atoms with Crippen LogP contribution >= 0.6 is 0 Å². The van der Waals surface area contributed by atoms with Crippen molar-refractivity contribution in [3.8, 4) is 0 Å². The van der Waals surface area contributed by atoms with Crippen molar-refractivity contribution in [3.05, 3.63) is 0 Å². The van der Waals surface area contributed by atoms with Crippen LogP contribution in [0.15, 0.2) is 0 Å². The Kier molecular flexibility index (Phi) is 5.28. The molecule has 3 aliphatic rings. The highest BCUT2D eigenvalue weighted by molar-refractivity contribution is 7.85. The second-order valence-corrected chi connectivity index (χ2v) is 8.89. The average Bonchev–Trinajstić information content (AvgIpc) is 3.04. The number of nitrogens with one attached hydrogen (secondary N) is 1. The summed E-state index contributed by atoms with van der Waals surface area (Å²) in [5.74, 6) is -0.354. The molecule has 23 heavy (non-hydrogen) atoms. The van der Waals surface area contributed by atoms with Gasteiger partial charge in [0.15, 0.2) is 0 Å². The third-order valence-corrected chi connectivity index (χ3v) is 6.87. The zero-order valence-electron chi connectivity index (χ0n) is 13.6. The summed E-state index contributed by atoms with van der Waals surface area (Å²) in [6.07, 6.45) is 3.82. The highest BCUT2D eigenvalue weighted by Gasteiger charge is 2.64. The average molecular weight is 346 g/mol. The van der Waals surface area contributed by atoms with Crippen molar-refractivity contribution < 1.29 is 27.8 Å². The number of hydrogen-bond donors (Lipinski definition) is 3. The van der Waals surface area contributed by atoms with Gasteiger partial charge in [-0.25, -0.2) is 8.42 Å². The maximum atomic E-state index is 11.8. The van der Waals surface area contributed by atoms with Gasteiger partial charge < -0.3 is 19.9 Å². The molecule has 1 aliphatic heterocycles. The normalized spacial score (nSPS) is 35.1. The molecule has 0 aromatic heterocycles. The molecule has 0 aromatic rings. The van der Waals surface area contributed by atoms with E-state index in [2.05, 4.69) is 5.32 Å². The second kappa shape index (κ2) is 6.44. The number of fused-ring (bicyclic) bond motifs is 2. The first-order chi connectivity index (χ1) is 10.5. The van der Waals surface area contributed by atoms with Gasteiger partial charge in [-0.05, 0) is 43.6 Å². The first-order valence-electron chi connectivity index (χ1n) is 8.06. The summed E-state index contributed by atoms with van der Waals surface area (Å²) in [5, 5.41) is 20.0. The molecule has 0 spiro atoms. The summed E-state index contributed by atoms with van der Waals surface area (Å²) in [6, 6.07) is 0. The Hall–Kier alpha value is -0.475. The van der Waals surface area contributed by atoms with Crippen LogP contribution < -0.4 is 5.32 Å². The van der Waals surface area contributed by atoms with Gasteiger partial charge in [-0.3, -0.25) is 4.79 Å². The summed E-state index contributed by atoms with van der Waals surface area (Å²) in [6.45, 7) is 4.75. The van der Waals surface area contributed by atoms with E-state index in [1.165, 1.54) is 0 Å². The van der Waals surface area contributed by atoms with Gasteiger partial charge in [-0.1, -0.05) is 13.8 Å². The predicted molar refractivity (Wildman–Crippen MR) is 84.3 cm³/mol. The lowest BCUT2D eigenvalue weighted by atomic mass is 9.70. The Balaban J connectivity index is 0.000000203. The summed E-state index contributed by atoms with van der Waals surface area (Å²) in [7, 11) is -5.50. The fraction of sp³-hybridized carbons (Fsp3) is 0.929. The van der Waals surface area contributed by atoms with E-state index in [0.29, 0.717) is 12.8 Å². The molecule has 1 saturated heterocycles. The van der Waals surface area contributed by atoms with E-state index in [4.69, 9.17) is 10.0 Å². The molecule has 3 fully saturated rings. The lowest BCUT2D eigenvalue weighted by Crippen LogP contribution is -2.42. The molecule has 0 aromatic carbocycles. The number of Topliss-reactive ketones (excluding diaryl/α,β-unsaturated/α-hetero) is 1. The van der Waals surface area contributed by atoms with E-state index < -0.39 is 28.4 Å². The maximum absolute atomic E-state index is 11.8. The minimum Gasteiger partial charge on any atom is -0.748 e. The van der Waals surface area contributed by atoms with E-state index in [1.54, 1.807) is 0 Å². The number of ketones is 1. The number of carbonyl (C=O) groups excluding carboxylic acids is 1. The Morgan fingerprint density at radius 3 is 2.30 bits per heavy atom. The van der Waals surface area contributed by atoms with Gasteiger partial charge in [0.2, 0.25) is 0 Å². The van der Waals surface area contributed by atoms with Gasteiger partial charge in [0.25, 0.3) is 0 Å². The van der Waals surface area contributed by atoms with E-state index in [0.717, 1.165) is 25.8 Å². The van der Waals surface area contributed by atoms with Crippen LogP contribution in [-0.4, -0.2) is 54.2 Å². The van der Waals surface area contributed by atoms with Crippen LogP contribution in [0.2, 0.25) is 0 Å². The molecule has 0 radical (unpaired) electrons. The summed E-state index contributed by atoms with van der Waals surface area (Å²) >= 11 is 0. The predicted octanol–water partition coefficient (Wildman–Crippen LogP) is -0.323. The SMILES string of the molecule is CC1(C)[C@@H]2CC[C@@]1(CS(=O)(=O)[O-])C(=O)C2.OB(O)C1CCCN1. The van der Waals surface area contributed by atoms with Crippen LogP contribution in [0.4, 0.5) is 0 Å². The molecule has 7 nitrogen and oxygen atoms in total. The third-order valence-electron chi connectivity index (χ3n) is 6.02. The first-order valence-corrected chi connectivity index (χ1v) is 9.64. The minimum atomic E-state index is -4.33. The molecule has 2 aliphatic carbocycles. The van der Waals surface area contributed by atoms with Crippen molar-refractivity contribution in [2.75, 3.05) is 12.3 Å². The summed E-state index contributed by atoms with van der Waals surface area (Å²) < 4.78 is 32.7. The molecule has 9 heteroatoms. The van der Waals surface area contributed by atoms with Crippen LogP contribution in [0.25, 0.3) is 0 Å². The van der Waals surface area contributed by atoms with Gasteiger partial charge in [0.1, 0.15) is 5.78 Å². The molecular formula is C14H25BNO6S-. The van der Waals surface area contributed by atoms with Gasteiger partial charge in [-0.2, -0.15) is 0 Å². The van der Waals surface area contributed by atoms with Gasteiger partial charge in [0.05, 0.1) is 15.9 Å². The van der Waals surface area contributed by atoms with Crippen LogP contribution in [0.5, 0.6) is 0 Å². The van der Waals surface area contributed by atoms with Crippen molar-refractivity contribution in [2.24, 2.45) is 16.7 Å². The van der Waals surface area contributed by atoms with E-state index >= 15 is 0 Å². The first kappa shape index (κ1) is 18.9. The number of hydrogen-bond acceptors (Lipinski definition) is 7. The highest BCUT2D eigenvalue weighted by Crippen LogP contribution is 2.64. The standard InChI is InChI=1S/C10H16O4S.C4H10BNO2/c1-9(2)7-3-4-10(9,8(11)5-7)6-15(12,13)14;7-5(8)4-2-1-3-6-4/h7H,3-6H2,1-2H3,(H,12,13,14);4,6-8H,1-3H2/p-1/t7-,10-;/m1./s1. The zero-order valence-corrected chi connectivity index (χ0v) is 14.4. The lowest BCUT2D eigenvalue weighted by molar-refractivity contribution is -0.128. The molecule has 2 saturated carbocycles. The number of rotatable bonds is 3.